The molecular formula is C10H20O3. The van der Waals surface area contributed by atoms with Gasteiger partial charge in [-0.2, -0.15) is 0 Å². The molecule has 0 bridgehead atoms. The summed E-state index contributed by atoms with van der Waals surface area (Å²) in [6.07, 6.45) is 2.25. The molecule has 1 heterocycles. The molecule has 0 aromatic rings. The van der Waals surface area contributed by atoms with Crippen molar-refractivity contribution >= 4 is 0 Å². The van der Waals surface area contributed by atoms with Crippen LogP contribution in [0.1, 0.15) is 26.7 Å². The maximum absolute atomic E-state index is 9.25. The third-order valence-electron chi connectivity index (χ3n) is 2.95. The summed E-state index contributed by atoms with van der Waals surface area (Å²) >= 11 is 0. The number of aliphatic hydroxyl groups excluding tert-OH is 1. The minimum Gasteiger partial charge on any atom is -0.396 e. The molecule has 3 heteroatoms. The predicted molar refractivity (Wildman–Crippen MR) is 50.7 cm³/mol. The Labute approximate surface area is 80.0 Å². The van der Waals surface area contributed by atoms with Gasteiger partial charge in [-0.15, -0.1) is 0 Å². The van der Waals surface area contributed by atoms with E-state index in [2.05, 4.69) is 13.8 Å². The highest BCUT2D eigenvalue weighted by Gasteiger charge is 2.28. The molecule has 0 aromatic heterocycles. The molecule has 0 aromatic carbocycles. The minimum atomic E-state index is -0.0328. The summed E-state index contributed by atoms with van der Waals surface area (Å²) in [4.78, 5) is 0. The summed E-state index contributed by atoms with van der Waals surface area (Å²) in [5, 5.41) is 9.25. The summed E-state index contributed by atoms with van der Waals surface area (Å²) < 4.78 is 10.5. The Kier molecular flexibility index (Phi) is 4.16. The first kappa shape index (κ1) is 11.0. The second-order valence-corrected chi connectivity index (χ2v) is 3.84. The zero-order valence-electron chi connectivity index (χ0n) is 8.58. The highest BCUT2D eigenvalue weighted by atomic mass is 16.6. The Morgan fingerprint density at radius 3 is 2.46 bits per heavy atom. The Balaban J connectivity index is 2.19. The molecule has 78 valence electrons. The van der Waals surface area contributed by atoms with Gasteiger partial charge < -0.3 is 14.6 Å². The van der Waals surface area contributed by atoms with Crippen LogP contribution in [0.3, 0.4) is 0 Å². The van der Waals surface area contributed by atoms with Gasteiger partial charge in [-0.3, -0.25) is 0 Å². The van der Waals surface area contributed by atoms with Gasteiger partial charge >= 0.3 is 0 Å². The number of ether oxygens (including phenoxy) is 2. The molecular weight excluding hydrogens is 168 g/mol. The van der Waals surface area contributed by atoms with E-state index in [1.165, 1.54) is 0 Å². The van der Waals surface area contributed by atoms with Crippen molar-refractivity contribution in [3.05, 3.63) is 0 Å². The summed E-state index contributed by atoms with van der Waals surface area (Å²) in [7, 11) is 0. The SMILES string of the molecule is CCC(CC)(CO)COCC1CO1. The van der Waals surface area contributed by atoms with Crippen molar-refractivity contribution < 1.29 is 14.6 Å². The maximum atomic E-state index is 9.25. The quantitative estimate of drug-likeness (QED) is 0.610. The lowest BCUT2D eigenvalue weighted by atomic mass is 9.84. The smallest absolute Gasteiger partial charge is 0.104 e. The molecule has 0 spiro atoms. The highest BCUT2D eigenvalue weighted by molar-refractivity contribution is 4.76. The lowest BCUT2D eigenvalue weighted by molar-refractivity contribution is -0.00343. The molecule has 13 heavy (non-hydrogen) atoms. The van der Waals surface area contributed by atoms with Gasteiger partial charge in [-0.1, -0.05) is 13.8 Å². The molecule has 1 aliphatic heterocycles. The first-order chi connectivity index (χ1) is 6.26. The first-order valence-electron chi connectivity index (χ1n) is 5.06. The third kappa shape index (κ3) is 3.25. The molecule has 1 saturated heterocycles. The minimum absolute atomic E-state index is 0.0328. The van der Waals surface area contributed by atoms with E-state index in [0.717, 1.165) is 19.4 Å². The van der Waals surface area contributed by atoms with Gasteiger partial charge in [-0.05, 0) is 12.8 Å². The third-order valence-corrected chi connectivity index (χ3v) is 2.95. The van der Waals surface area contributed by atoms with Crippen LogP contribution >= 0.6 is 0 Å². The summed E-state index contributed by atoms with van der Waals surface area (Å²) in [5.41, 5.74) is -0.0328. The van der Waals surface area contributed by atoms with Crippen LogP contribution in [0, 0.1) is 5.41 Å². The van der Waals surface area contributed by atoms with Crippen molar-refractivity contribution in [3.8, 4) is 0 Å². The number of hydrogen-bond donors (Lipinski definition) is 1. The van der Waals surface area contributed by atoms with E-state index in [4.69, 9.17) is 9.47 Å². The van der Waals surface area contributed by atoms with Gasteiger partial charge in [0.1, 0.15) is 6.10 Å². The fourth-order valence-corrected chi connectivity index (χ4v) is 1.29. The predicted octanol–water partition coefficient (Wildman–Crippen LogP) is 1.20. The fraction of sp³-hybridized carbons (Fsp3) is 1.00. The Bertz CT molecular complexity index is 131. The van der Waals surface area contributed by atoms with Crippen molar-refractivity contribution in [2.45, 2.75) is 32.8 Å². The van der Waals surface area contributed by atoms with E-state index in [1.54, 1.807) is 0 Å². The lowest BCUT2D eigenvalue weighted by Crippen LogP contribution is -2.30. The molecule has 0 amide bonds. The van der Waals surface area contributed by atoms with Crippen LogP contribution in [0.2, 0.25) is 0 Å². The van der Waals surface area contributed by atoms with Crippen molar-refractivity contribution in [1.82, 2.24) is 0 Å². The van der Waals surface area contributed by atoms with Crippen LogP contribution in [0.4, 0.5) is 0 Å². The van der Waals surface area contributed by atoms with Crippen LogP contribution in [0.15, 0.2) is 0 Å². The second-order valence-electron chi connectivity index (χ2n) is 3.84. The molecule has 1 fully saturated rings. The zero-order valence-corrected chi connectivity index (χ0v) is 8.58. The number of epoxide rings is 1. The van der Waals surface area contributed by atoms with E-state index in [-0.39, 0.29) is 12.0 Å². The standard InChI is InChI=1S/C10H20O3/c1-3-10(4-2,7-11)8-12-5-9-6-13-9/h9,11H,3-8H2,1-2H3. The lowest BCUT2D eigenvalue weighted by Gasteiger charge is -2.28. The number of hydrogen-bond acceptors (Lipinski definition) is 3. The van der Waals surface area contributed by atoms with E-state index in [1.807, 2.05) is 0 Å². The Hall–Kier alpha value is -0.120. The average molecular weight is 188 g/mol. The van der Waals surface area contributed by atoms with Crippen LogP contribution in [0.5, 0.6) is 0 Å². The van der Waals surface area contributed by atoms with E-state index >= 15 is 0 Å². The van der Waals surface area contributed by atoms with Gasteiger partial charge in [0.05, 0.1) is 26.4 Å². The second kappa shape index (κ2) is 4.94. The van der Waals surface area contributed by atoms with Gasteiger partial charge in [0.15, 0.2) is 0 Å². The van der Waals surface area contributed by atoms with E-state index in [0.29, 0.717) is 19.3 Å². The molecule has 1 atom stereocenters. The van der Waals surface area contributed by atoms with Crippen molar-refractivity contribution in [2.75, 3.05) is 26.4 Å². The monoisotopic (exact) mass is 188 g/mol. The molecule has 1 aliphatic rings. The van der Waals surface area contributed by atoms with Gasteiger partial charge in [-0.25, -0.2) is 0 Å². The fourth-order valence-electron chi connectivity index (χ4n) is 1.29. The maximum Gasteiger partial charge on any atom is 0.104 e. The van der Waals surface area contributed by atoms with Crippen molar-refractivity contribution in [3.63, 3.8) is 0 Å². The normalized spacial score (nSPS) is 21.9. The summed E-state index contributed by atoms with van der Waals surface area (Å²) in [6.45, 7) is 6.57. The van der Waals surface area contributed by atoms with Crippen LogP contribution in [0.25, 0.3) is 0 Å². The topological polar surface area (TPSA) is 42.0 Å². The molecule has 0 saturated carbocycles. The van der Waals surface area contributed by atoms with Crippen molar-refractivity contribution in [2.24, 2.45) is 5.41 Å². The Morgan fingerprint density at radius 2 is 2.08 bits per heavy atom. The molecule has 1 rings (SSSR count). The van der Waals surface area contributed by atoms with Crippen molar-refractivity contribution in [1.29, 1.82) is 0 Å². The van der Waals surface area contributed by atoms with Gasteiger partial charge in [0, 0.05) is 5.41 Å². The molecule has 0 aliphatic carbocycles. The molecule has 1 unspecified atom stereocenters. The zero-order chi connectivity index (χ0) is 9.73. The molecule has 1 N–H and O–H groups in total. The average Bonchev–Trinajstić information content (AvgIpc) is 2.97. The number of rotatable bonds is 7. The highest BCUT2D eigenvalue weighted by Crippen LogP contribution is 2.26. The molecule has 0 radical (unpaired) electrons. The number of aliphatic hydroxyl groups is 1. The first-order valence-corrected chi connectivity index (χ1v) is 5.06. The summed E-state index contributed by atoms with van der Waals surface area (Å²) in [6, 6.07) is 0. The molecule has 3 nitrogen and oxygen atoms in total. The van der Waals surface area contributed by atoms with E-state index < -0.39 is 0 Å². The summed E-state index contributed by atoms with van der Waals surface area (Å²) in [5.74, 6) is 0. The van der Waals surface area contributed by atoms with E-state index in [9.17, 15) is 5.11 Å². The Morgan fingerprint density at radius 1 is 1.46 bits per heavy atom. The van der Waals surface area contributed by atoms with Crippen LogP contribution < -0.4 is 0 Å². The van der Waals surface area contributed by atoms with Gasteiger partial charge in [0.25, 0.3) is 0 Å². The van der Waals surface area contributed by atoms with Crippen LogP contribution in [-0.2, 0) is 9.47 Å². The van der Waals surface area contributed by atoms with Gasteiger partial charge in [0.2, 0.25) is 0 Å². The largest absolute Gasteiger partial charge is 0.396 e. The van der Waals surface area contributed by atoms with Crippen LogP contribution in [-0.4, -0.2) is 37.6 Å².